The predicted octanol–water partition coefficient (Wildman–Crippen LogP) is 2.35. The van der Waals surface area contributed by atoms with Gasteiger partial charge in [-0.2, -0.15) is 11.8 Å². The number of hydrogen-bond acceptors (Lipinski definition) is 4. The van der Waals surface area contributed by atoms with E-state index in [1.165, 1.54) is 0 Å². The summed E-state index contributed by atoms with van der Waals surface area (Å²) in [5, 5.41) is 3.74. The van der Waals surface area contributed by atoms with Crippen LogP contribution >= 0.6 is 35.7 Å². The number of carbonyl (C=O) groups excluding carboxylic acids is 1. The lowest BCUT2D eigenvalue weighted by Gasteiger charge is -2.34. The van der Waals surface area contributed by atoms with Gasteiger partial charge in [-0.3, -0.25) is 9.79 Å². The van der Waals surface area contributed by atoms with Crippen LogP contribution in [0.2, 0.25) is 0 Å². The van der Waals surface area contributed by atoms with E-state index in [1.54, 1.807) is 7.05 Å². The van der Waals surface area contributed by atoms with Gasteiger partial charge in [-0.1, -0.05) is 6.92 Å². The molecule has 1 saturated heterocycles. The van der Waals surface area contributed by atoms with Crippen LogP contribution in [0.15, 0.2) is 4.99 Å². The zero-order chi connectivity index (χ0) is 15.2. The van der Waals surface area contributed by atoms with Crippen LogP contribution in [-0.4, -0.2) is 60.1 Å². The molecule has 0 radical (unpaired) electrons. The maximum Gasteiger partial charge on any atom is 0.325 e. The Hall–Kier alpha value is -0.180. The summed E-state index contributed by atoms with van der Waals surface area (Å²) >= 11 is 2.01. The maximum absolute atomic E-state index is 11.7. The highest BCUT2D eigenvalue weighted by Gasteiger charge is 2.22. The van der Waals surface area contributed by atoms with Gasteiger partial charge in [-0.05, 0) is 27.2 Å². The molecule has 1 rings (SSSR count). The molecule has 5 nitrogen and oxygen atoms in total. The first kappa shape index (κ1) is 20.8. The molecule has 1 heterocycles. The van der Waals surface area contributed by atoms with E-state index in [9.17, 15) is 4.79 Å². The quantitative estimate of drug-likeness (QED) is 0.323. The molecule has 7 heteroatoms. The van der Waals surface area contributed by atoms with Gasteiger partial charge in [-0.25, -0.2) is 0 Å². The molecule has 0 saturated carbocycles. The van der Waals surface area contributed by atoms with E-state index in [-0.39, 0.29) is 36.5 Å². The van der Waals surface area contributed by atoms with Crippen molar-refractivity contribution in [3.63, 3.8) is 0 Å². The Morgan fingerprint density at radius 2 is 2.14 bits per heavy atom. The molecule has 21 heavy (non-hydrogen) atoms. The average molecular weight is 429 g/mol. The highest BCUT2D eigenvalue weighted by molar-refractivity contribution is 14.0. The van der Waals surface area contributed by atoms with E-state index in [4.69, 9.17) is 4.74 Å². The van der Waals surface area contributed by atoms with Crippen LogP contribution in [0.3, 0.4) is 0 Å². The smallest absolute Gasteiger partial charge is 0.325 e. The standard InChI is InChI=1S/C14H27N3O2S.HI/c1-6-11-10-17(7-8-20-11)13(15-5)16-9-12(18)19-14(2,3)4;/h11H,6-10H2,1-5H3,(H,15,16);1H. The zero-order valence-electron chi connectivity index (χ0n) is 13.6. The molecule has 0 aliphatic carbocycles. The molecule has 0 amide bonds. The number of ether oxygens (including phenoxy) is 1. The number of guanidine groups is 1. The second kappa shape index (κ2) is 9.76. The third-order valence-corrected chi connectivity index (χ3v) is 4.29. The van der Waals surface area contributed by atoms with Gasteiger partial charge in [0.25, 0.3) is 0 Å². The normalized spacial score (nSPS) is 19.8. The fourth-order valence-corrected chi connectivity index (χ4v) is 3.20. The minimum absolute atomic E-state index is 0. The van der Waals surface area contributed by atoms with Crippen molar-refractivity contribution in [2.45, 2.75) is 45.0 Å². The Morgan fingerprint density at radius 1 is 1.48 bits per heavy atom. The summed E-state index contributed by atoms with van der Waals surface area (Å²) in [5.74, 6) is 1.64. The maximum atomic E-state index is 11.7. The summed E-state index contributed by atoms with van der Waals surface area (Å²) in [6, 6.07) is 0. The molecule has 0 aromatic carbocycles. The molecule has 0 aromatic heterocycles. The molecule has 1 fully saturated rings. The van der Waals surface area contributed by atoms with E-state index in [1.807, 2.05) is 32.5 Å². The molecule has 0 aromatic rings. The van der Waals surface area contributed by atoms with Crippen LogP contribution in [0.5, 0.6) is 0 Å². The molecule has 0 bridgehead atoms. The second-order valence-electron chi connectivity index (χ2n) is 5.83. The summed E-state index contributed by atoms with van der Waals surface area (Å²) in [7, 11) is 1.75. The van der Waals surface area contributed by atoms with E-state index in [0.717, 1.165) is 31.2 Å². The summed E-state index contributed by atoms with van der Waals surface area (Å²) in [6.07, 6.45) is 1.16. The van der Waals surface area contributed by atoms with Gasteiger partial charge in [0, 0.05) is 31.1 Å². The first-order valence-electron chi connectivity index (χ1n) is 7.14. The third-order valence-electron chi connectivity index (χ3n) is 2.92. The Kier molecular flexibility index (Phi) is 9.68. The molecule has 0 spiro atoms. The van der Waals surface area contributed by atoms with Crippen molar-refractivity contribution in [3.05, 3.63) is 0 Å². The van der Waals surface area contributed by atoms with Gasteiger partial charge >= 0.3 is 5.97 Å². The molecule has 124 valence electrons. The second-order valence-corrected chi connectivity index (χ2v) is 7.24. The van der Waals surface area contributed by atoms with Crippen LogP contribution in [0, 0.1) is 0 Å². The summed E-state index contributed by atoms with van der Waals surface area (Å²) in [6.45, 7) is 9.92. The molecule has 1 aliphatic rings. The molecule has 1 N–H and O–H groups in total. The monoisotopic (exact) mass is 429 g/mol. The van der Waals surface area contributed by atoms with Crippen LogP contribution in [0.25, 0.3) is 0 Å². The number of aliphatic imine (C=N–C) groups is 1. The lowest BCUT2D eigenvalue weighted by Crippen LogP contribution is -2.49. The van der Waals surface area contributed by atoms with Crippen LogP contribution in [0.4, 0.5) is 0 Å². The summed E-state index contributed by atoms with van der Waals surface area (Å²) < 4.78 is 5.28. The average Bonchev–Trinajstić information content (AvgIpc) is 2.37. The van der Waals surface area contributed by atoms with Gasteiger partial charge in [0.1, 0.15) is 12.1 Å². The minimum atomic E-state index is -0.447. The Balaban J connectivity index is 0.00000400. The van der Waals surface area contributed by atoms with Crippen molar-refractivity contribution >= 4 is 47.7 Å². The van der Waals surface area contributed by atoms with Gasteiger partial charge in [-0.15, -0.1) is 24.0 Å². The predicted molar refractivity (Wildman–Crippen MR) is 101 cm³/mol. The van der Waals surface area contributed by atoms with E-state index in [0.29, 0.717) is 5.25 Å². The fraction of sp³-hybridized carbons (Fsp3) is 0.857. The lowest BCUT2D eigenvalue weighted by molar-refractivity contribution is -0.153. The van der Waals surface area contributed by atoms with Crippen molar-refractivity contribution in [1.29, 1.82) is 0 Å². The topological polar surface area (TPSA) is 53.9 Å². The molecule has 1 aliphatic heterocycles. The van der Waals surface area contributed by atoms with Gasteiger partial charge in [0.05, 0.1) is 0 Å². The largest absolute Gasteiger partial charge is 0.459 e. The number of rotatable bonds is 3. The van der Waals surface area contributed by atoms with E-state index in [2.05, 4.69) is 22.1 Å². The number of nitrogens with one attached hydrogen (secondary N) is 1. The first-order chi connectivity index (χ1) is 9.35. The Bertz CT molecular complexity index is 359. The van der Waals surface area contributed by atoms with Crippen molar-refractivity contribution in [2.75, 3.05) is 32.4 Å². The highest BCUT2D eigenvalue weighted by Crippen LogP contribution is 2.20. The van der Waals surface area contributed by atoms with Crippen LogP contribution < -0.4 is 5.32 Å². The van der Waals surface area contributed by atoms with Crippen molar-refractivity contribution in [3.8, 4) is 0 Å². The molecule has 1 unspecified atom stereocenters. The molecular formula is C14H28IN3O2S. The zero-order valence-corrected chi connectivity index (χ0v) is 16.8. The SMILES string of the molecule is CCC1CN(C(=NC)NCC(=O)OC(C)(C)C)CCS1.I. The lowest BCUT2D eigenvalue weighted by atomic mass is 10.2. The summed E-state index contributed by atoms with van der Waals surface area (Å²) in [5.41, 5.74) is -0.447. The first-order valence-corrected chi connectivity index (χ1v) is 8.19. The fourth-order valence-electron chi connectivity index (χ4n) is 2.02. The van der Waals surface area contributed by atoms with Crippen molar-refractivity contribution in [2.24, 2.45) is 4.99 Å². The van der Waals surface area contributed by atoms with Gasteiger partial charge < -0.3 is 15.0 Å². The highest BCUT2D eigenvalue weighted by atomic mass is 127. The van der Waals surface area contributed by atoms with Crippen LogP contribution in [-0.2, 0) is 9.53 Å². The minimum Gasteiger partial charge on any atom is -0.459 e. The molecule has 1 atom stereocenters. The van der Waals surface area contributed by atoms with Crippen LogP contribution in [0.1, 0.15) is 34.1 Å². The number of carbonyl (C=O) groups is 1. The number of halogens is 1. The summed E-state index contributed by atoms with van der Waals surface area (Å²) in [4.78, 5) is 18.2. The van der Waals surface area contributed by atoms with Gasteiger partial charge in [0.15, 0.2) is 5.96 Å². The number of hydrogen-bond donors (Lipinski definition) is 1. The van der Waals surface area contributed by atoms with E-state index >= 15 is 0 Å². The number of esters is 1. The number of nitrogens with zero attached hydrogens (tertiary/aromatic N) is 2. The van der Waals surface area contributed by atoms with Gasteiger partial charge in [0.2, 0.25) is 0 Å². The van der Waals surface area contributed by atoms with Crippen molar-refractivity contribution in [1.82, 2.24) is 10.2 Å². The number of thioether (sulfide) groups is 1. The third kappa shape index (κ3) is 8.13. The Labute approximate surface area is 149 Å². The van der Waals surface area contributed by atoms with Crippen molar-refractivity contribution < 1.29 is 9.53 Å². The molecular weight excluding hydrogens is 401 g/mol. The Morgan fingerprint density at radius 3 is 2.67 bits per heavy atom. The van der Waals surface area contributed by atoms with E-state index < -0.39 is 5.60 Å².